The largest absolute Gasteiger partial charge is 0.381 e. The molecule has 1 atom stereocenters. The summed E-state index contributed by atoms with van der Waals surface area (Å²) in [5.74, 6) is 1.03. The summed E-state index contributed by atoms with van der Waals surface area (Å²) < 4.78 is 5.68. The highest BCUT2D eigenvalue weighted by atomic mass is 16.5. The van der Waals surface area contributed by atoms with E-state index in [0.29, 0.717) is 5.41 Å². The van der Waals surface area contributed by atoms with Crippen LogP contribution in [0.25, 0.3) is 0 Å². The molecule has 5 heteroatoms. The van der Waals surface area contributed by atoms with Crippen molar-refractivity contribution in [3.8, 4) is 0 Å². The third-order valence-corrected chi connectivity index (χ3v) is 7.31. The van der Waals surface area contributed by atoms with Crippen molar-refractivity contribution < 1.29 is 4.74 Å². The van der Waals surface area contributed by atoms with Gasteiger partial charge in [-0.1, -0.05) is 43.5 Å². The summed E-state index contributed by atoms with van der Waals surface area (Å²) in [6.45, 7) is 5.85. The minimum Gasteiger partial charge on any atom is -0.381 e. The average Bonchev–Trinajstić information content (AvgIpc) is 3.40. The molecule has 0 amide bonds. The highest BCUT2D eigenvalue weighted by Crippen LogP contribution is 2.38. The number of nitrogens with zero attached hydrogens (tertiary/aromatic N) is 3. The van der Waals surface area contributed by atoms with Crippen molar-refractivity contribution in [3.63, 3.8) is 0 Å². The van der Waals surface area contributed by atoms with Crippen LogP contribution in [-0.2, 0) is 17.8 Å². The van der Waals surface area contributed by atoms with Gasteiger partial charge in [0, 0.05) is 51.3 Å². The smallest absolute Gasteiger partial charge is 0.193 e. The molecule has 4 rings (SSSR count). The van der Waals surface area contributed by atoms with E-state index in [1.807, 2.05) is 7.05 Å². The van der Waals surface area contributed by atoms with Crippen LogP contribution >= 0.6 is 0 Å². The van der Waals surface area contributed by atoms with E-state index in [2.05, 4.69) is 51.4 Å². The maximum atomic E-state index is 5.68. The summed E-state index contributed by atoms with van der Waals surface area (Å²) >= 11 is 0. The Bertz CT molecular complexity index is 692. The van der Waals surface area contributed by atoms with E-state index in [0.717, 1.165) is 51.4 Å². The summed E-state index contributed by atoms with van der Waals surface area (Å²) in [5.41, 5.74) is 3.18. The van der Waals surface area contributed by atoms with Crippen LogP contribution in [0.1, 0.15) is 56.1 Å². The summed E-state index contributed by atoms with van der Waals surface area (Å²) in [6, 6.07) is 9.63. The fourth-order valence-electron chi connectivity index (χ4n) is 5.40. The number of likely N-dealkylation sites (tertiary alicyclic amines) is 1. The lowest BCUT2D eigenvalue weighted by atomic mass is 9.87. The molecule has 1 saturated carbocycles. The number of nitrogens with one attached hydrogen (secondary N) is 1. The molecular weight excluding hydrogens is 360 g/mol. The van der Waals surface area contributed by atoms with Crippen molar-refractivity contribution in [2.24, 2.45) is 10.4 Å². The van der Waals surface area contributed by atoms with Crippen LogP contribution in [0, 0.1) is 5.41 Å². The van der Waals surface area contributed by atoms with E-state index in [4.69, 9.17) is 4.74 Å². The molecule has 0 aromatic heterocycles. The van der Waals surface area contributed by atoms with Crippen LogP contribution < -0.4 is 5.32 Å². The van der Waals surface area contributed by atoms with Gasteiger partial charge < -0.3 is 15.0 Å². The molecule has 29 heavy (non-hydrogen) atoms. The third kappa shape index (κ3) is 4.95. The molecule has 5 nitrogen and oxygen atoms in total. The van der Waals surface area contributed by atoms with Crippen molar-refractivity contribution in [2.45, 2.75) is 64.1 Å². The summed E-state index contributed by atoms with van der Waals surface area (Å²) in [5, 5.41) is 3.64. The van der Waals surface area contributed by atoms with Crippen LogP contribution in [0.3, 0.4) is 0 Å². The fourth-order valence-corrected chi connectivity index (χ4v) is 5.40. The molecule has 1 spiro atoms. The second-order valence-corrected chi connectivity index (χ2v) is 9.35. The Hall–Kier alpha value is -1.59. The van der Waals surface area contributed by atoms with Gasteiger partial charge >= 0.3 is 0 Å². The molecule has 160 valence electrons. The van der Waals surface area contributed by atoms with E-state index >= 15 is 0 Å². The number of ether oxygens (including phenoxy) is 1. The number of guanidine groups is 1. The zero-order chi connectivity index (χ0) is 20.1. The summed E-state index contributed by atoms with van der Waals surface area (Å²) in [6.07, 6.45) is 9.29. The van der Waals surface area contributed by atoms with Gasteiger partial charge in [-0.25, -0.2) is 0 Å². The van der Waals surface area contributed by atoms with E-state index in [1.54, 1.807) is 0 Å². The Morgan fingerprint density at radius 3 is 2.72 bits per heavy atom. The molecule has 1 aromatic carbocycles. The predicted octanol–water partition coefficient (Wildman–Crippen LogP) is 3.64. The van der Waals surface area contributed by atoms with Crippen molar-refractivity contribution >= 4 is 5.96 Å². The molecule has 0 bridgehead atoms. The van der Waals surface area contributed by atoms with Gasteiger partial charge in [-0.3, -0.25) is 9.89 Å². The van der Waals surface area contributed by atoms with Crippen LogP contribution in [0.5, 0.6) is 0 Å². The monoisotopic (exact) mass is 398 g/mol. The number of hydrogen-bond acceptors (Lipinski definition) is 3. The molecular formula is C24H38N4O. The van der Waals surface area contributed by atoms with Gasteiger partial charge in [0.25, 0.3) is 0 Å². The van der Waals surface area contributed by atoms with Gasteiger partial charge in [0.2, 0.25) is 0 Å². The van der Waals surface area contributed by atoms with Gasteiger partial charge in [0.05, 0.1) is 6.61 Å². The Morgan fingerprint density at radius 2 is 2.00 bits per heavy atom. The molecule has 3 aliphatic rings. The van der Waals surface area contributed by atoms with Gasteiger partial charge in [-0.15, -0.1) is 0 Å². The standard InChI is InChI=1S/C24H38N4O/c1-25-23(28-14-12-24(18-28)13-15-29-19-24)26-16-20-8-6-7-9-21(20)17-27(2)22-10-4-3-5-11-22/h6-9,22H,3-5,10-19H2,1-2H3,(H,25,26). The molecule has 1 N–H and O–H groups in total. The van der Waals surface area contributed by atoms with Crippen molar-refractivity contribution in [1.82, 2.24) is 15.1 Å². The highest BCUT2D eigenvalue weighted by Gasteiger charge is 2.42. The lowest BCUT2D eigenvalue weighted by Crippen LogP contribution is -2.41. The lowest BCUT2D eigenvalue weighted by molar-refractivity contribution is 0.156. The maximum absolute atomic E-state index is 5.68. The Balaban J connectivity index is 1.35. The van der Waals surface area contributed by atoms with E-state index in [9.17, 15) is 0 Å². The first-order valence-corrected chi connectivity index (χ1v) is 11.5. The second kappa shape index (κ2) is 9.48. The number of hydrogen-bond donors (Lipinski definition) is 1. The molecule has 1 unspecified atom stereocenters. The topological polar surface area (TPSA) is 40.1 Å². The predicted molar refractivity (Wildman–Crippen MR) is 119 cm³/mol. The van der Waals surface area contributed by atoms with E-state index < -0.39 is 0 Å². The molecule has 2 saturated heterocycles. The third-order valence-electron chi connectivity index (χ3n) is 7.31. The maximum Gasteiger partial charge on any atom is 0.193 e. The minimum absolute atomic E-state index is 0.359. The Labute approximate surface area is 176 Å². The van der Waals surface area contributed by atoms with Crippen molar-refractivity contribution in [1.29, 1.82) is 0 Å². The van der Waals surface area contributed by atoms with Gasteiger partial charge in [0.1, 0.15) is 0 Å². The van der Waals surface area contributed by atoms with E-state index in [1.165, 1.54) is 56.1 Å². The molecule has 1 aliphatic carbocycles. The Morgan fingerprint density at radius 1 is 1.21 bits per heavy atom. The molecule has 2 aliphatic heterocycles. The molecule has 2 heterocycles. The normalized spacial score (nSPS) is 26.0. The number of aliphatic imine (C=N–C) groups is 1. The van der Waals surface area contributed by atoms with Gasteiger partial charge in [-0.05, 0) is 43.9 Å². The first-order chi connectivity index (χ1) is 14.2. The number of rotatable bonds is 5. The first-order valence-electron chi connectivity index (χ1n) is 11.5. The first kappa shape index (κ1) is 20.7. The average molecular weight is 399 g/mol. The quantitative estimate of drug-likeness (QED) is 0.607. The Kier molecular flexibility index (Phi) is 6.76. The van der Waals surface area contributed by atoms with Crippen molar-refractivity contribution in [3.05, 3.63) is 35.4 Å². The zero-order valence-corrected chi connectivity index (χ0v) is 18.3. The molecule has 1 aromatic rings. The van der Waals surface area contributed by atoms with E-state index in [-0.39, 0.29) is 0 Å². The van der Waals surface area contributed by atoms with Crippen LogP contribution in [0.15, 0.2) is 29.3 Å². The van der Waals surface area contributed by atoms with Crippen molar-refractivity contribution in [2.75, 3.05) is 40.4 Å². The SMILES string of the molecule is CN=C(NCc1ccccc1CN(C)C1CCCCC1)N1CCC2(CCOC2)C1. The van der Waals surface area contributed by atoms with Gasteiger partial charge in [0.15, 0.2) is 5.96 Å². The molecule has 0 radical (unpaired) electrons. The lowest BCUT2D eigenvalue weighted by Gasteiger charge is -2.32. The van der Waals surface area contributed by atoms with Crippen LogP contribution in [0.4, 0.5) is 0 Å². The summed E-state index contributed by atoms with van der Waals surface area (Å²) in [4.78, 5) is 9.57. The summed E-state index contributed by atoms with van der Waals surface area (Å²) in [7, 11) is 4.20. The van der Waals surface area contributed by atoms with Crippen LogP contribution in [0.2, 0.25) is 0 Å². The van der Waals surface area contributed by atoms with Gasteiger partial charge in [-0.2, -0.15) is 0 Å². The minimum atomic E-state index is 0.359. The highest BCUT2D eigenvalue weighted by molar-refractivity contribution is 5.80. The zero-order valence-electron chi connectivity index (χ0n) is 18.3. The number of benzene rings is 1. The van der Waals surface area contributed by atoms with Crippen LogP contribution in [-0.4, -0.2) is 62.2 Å². The molecule has 3 fully saturated rings. The fraction of sp³-hybridized carbons (Fsp3) is 0.708. The second-order valence-electron chi connectivity index (χ2n) is 9.35.